The predicted molar refractivity (Wildman–Crippen MR) is 114 cm³/mol. The van der Waals surface area contributed by atoms with Gasteiger partial charge in [-0.3, -0.25) is 24.0 Å². The lowest BCUT2D eigenvalue weighted by Crippen LogP contribution is -2.57. The Labute approximate surface area is 189 Å². The van der Waals surface area contributed by atoms with Gasteiger partial charge < -0.3 is 37.2 Å². The van der Waals surface area contributed by atoms with E-state index >= 15 is 0 Å². The molecule has 13 nitrogen and oxygen atoms in total. The molecule has 1 aliphatic heterocycles. The third-order valence-electron chi connectivity index (χ3n) is 4.77. The first-order valence-corrected chi connectivity index (χ1v) is 10.7. The molecule has 4 amide bonds. The Hall–Kier alpha value is -2.87. The molecule has 0 aromatic heterocycles. The summed E-state index contributed by atoms with van der Waals surface area (Å²) in [4.78, 5) is 70.7. The first-order valence-electron chi connectivity index (χ1n) is 10.0. The number of hydrogen-bond acceptors (Lipinski definition) is 8. The number of carbonyl (C=O) groups is 6. The highest BCUT2D eigenvalue weighted by molar-refractivity contribution is 7.80. The zero-order valence-corrected chi connectivity index (χ0v) is 18.2. The number of hydrogen-bond donors (Lipinski definition) is 8. The van der Waals surface area contributed by atoms with Crippen LogP contribution >= 0.6 is 12.6 Å². The van der Waals surface area contributed by atoms with Gasteiger partial charge in [-0.25, -0.2) is 4.79 Å². The largest absolute Gasteiger partial charge is 0.481 e. The van der Waals surface area contributed by atoms with Crippen molar-refractivity contribution >= 4 is 48.2 Å². The van der Waals surface area contributed by atoms with Crippen LogP contribution in [0.4, 0.5) is 0 Å². The van der Waals surface area contributed by atoms with Crippen molar-refractivity contribution in [3.05, 3.63) is 0 Å². The van der Waals surface area contributed by atoms with Gasteiger partial charge in [-0.2, -0.15) is 12.6 Å². The summed E-state index contributed by atoms with van der Waals surface area (Å²) in [6, 6.07) is -4.38. The minimum atomic E-state index is -1.51. The fraction of sp³-hybridized carbons (Fsp3) is 0.667. The number of nitrogens with one attached hydrogen (secondary N) is 4. The van der Waals surface area contributed by atoms with Gasteiger partial charge in [-0.05, 0) is 32.2 Å². The van der Waals surface area contributed by atoms with Gasteiger partial charge in [-0.1, -0.05) is 0 Å². The van der Waals surface area contributed by atoms with E-state index in [-0.39, 0.29) is 25.0 Å². The number of carboxylic acid groups (broad SMARTS) is 2. The molecule has 1 aliphatic rings. The molecule has 4 unspecified atom stereocenters. The minimum Gasteiger partial charge on any atom is -0.481 e. The lowest BCUT2D eigenvalue weighted by Gasteiger charge is -2.24. The van der Waals surface area contributed by atoms with Crippen molar-refractivity contribution < 1.29 is 39.0 Å². The summed E-state index contributed by atoms with van der Waals surface area (Å²) in [6.07, 6.45) is 0.0426. The van der Waals surface area contributed by atoms with E-state index < -0.39 is 66.2 Å². The van der Waals surface area contributed by atoms with Gasteiger partial charge >= 0.3 is 11.9 Å². The van der Waals surface area contributed by atoms with Crippen molar-refractivity contribution in [1.82, 2.24) is 21.3 Å². The van der Waals surface area contributed by atoms with Crippen LogP contribution in [0.5, 0.6) is 0 Å². The molecule has 4 atom stereocenters. The number of aliphatic carboxylic acids is 2. The Balaban J connectivity index is 2.83. The quantitative estimate of drug-likeness (QED) is 0.123. The number of nitrogens with two attached hydrogens (primary N) is 1. The second-order valence-corrected chi connectivity index (χ2v) is 7.66. The second-order valence-electron chi connectivity index (χ2n) is 7.29. The molecular weight excluding hydrogens is 446 g/mol. The molecule has 8 N–H and O–H groups in total. The van der Waals surface area contributed by atoms with Crippen LogP contribution in [0.25, 0.3) is 0 Å². The van der Waals surface area contributed by atoms with Crippen molar-refractivity contribution in [2.75, 3.05) is 12.3 Å². The Morgan fingerprint density at radius 2 is 1.53 bits per heavy atom. The fourth-order valence-corrected chi connectivity index (χ4v) is 3.26. The molecule has 0 bridgehead atoms. The molecule has 0 saturated carbocycles. The normalized spacial score (nSPS) is 18.1. The van der Waals surface area contributed by atoms with Gasteiger partial charge in [0.2, 0.25) is 23.6 Å². The Morgan fingerprint density at radius 3 is 2.03 bits per heavy atom. The lowest BCUT2D eigenvalue weighted by atomic mass is 10.1. The predicted octanol–water partition coefficient (Wildman–Crippen LogP) is -2.66. The van der Waals surface area contributed by atoms with Crippen molar-refractivity contribution in [1.29, 1.82) is 0 Å². The lowest BCUT2D eigenvalue weighted by molar-refractivity contribution is -0.143. The van der Waals surface area contributed by atoms with Gasteiger partial charge in [-0.15, -0.1) is 0 Å². The number of amides is 4. The van der Waals surface area contributed by atoms with E-state index in [4.69, 9.17) is 10.8 Å². The monoisotopic (exact) mass is 475 g/mol. The van der Waals surface area contributed by atoms with Crippen LogP contribution < -0.4 is 27.0 Å². The highest BCUT2D eigenvalue weighted by atomic mass is 32.1. The van der Waals surface area contributed by atoms with Gasteiger partial charge in [0, 0.05) is 18.6 Å². The number of rotatable bonds is 14. The molecule has 180 valence electrons. The first-order chi connectivity index (χ1) is 15.0. The van der Waals surface area contributed by atoms with Crippen LogP contribution in [-0.4, -0.2) is 82.2 Å². The van der Waals surface area contributed by atoms with Gasteiger partial charge in [0.1, 0.15) is 18.1 Å². The first kappa shape index (κ1) is 27.2. The van der Waals surface area contributed by atoms with E-state index in [9.17, 15) is 33.9 Å². The van der Waals surface area contributed by atoms with Crippen molar-refractivity contribution in [2.45, 2.75) is 62.7 Å². The number of carbonyl (C=O) groups excluding carboxylic acids is 4. The maximum Gasteiger partial charge on any atom is 0.326 e. The average Bonchev–Trinajstić information content (AvgIpc) is 3.26. The van der Waals surface area contributed by atoms with Crippen LogP contribution in [0.1, 0.15) is 38.5 Å². The molecule has 1 rings (SSSR count). The molecular formula is C18H29N5O8S. The molecule has 14 heteroatoms. The third-order valence-corrected chi connectivity index (χ3v) is 5.13. The Morgan fingerprint density at radius 1 is 0.938 bits per heavy atom. The van der Waals surface area contributed by atoms with Crippen LogP contribution in [0.15, 0.2) is 0 Å². The van der Waals surface area contributed by atoms with E-state index in [0.29, 0.717) is 13.0 Å². The zero-order chi connectivity index (χ0) is 24.3. The molecule has 0 aromatic carbocycles. The van der Waals surface area contributed by atoms with Crippen molar-refractivity contribution in [3.8, 4) is 0 Å². The number of primary amides is 1. The summed E-state index contributed by atoms with van der Waals surface area (Å²) in [5.74, 6) is -5.60. The van der Waals surface area contributed by atoms with E-state index in [2.05, 4.69) is 33.9 Å². The molecule has 0 aliphatic carbocycles. The second kappa shape index (κ2) is 13.5. The van der Waals surface area contributed by atoms with Crippen LogP contribution in [-0.2, 0) is 28.8 Å². The molecule has 1 saturated heterocycles. The summed E-state index contributed by atoms with van der Waals surface area (Å²) < 4.78 is 0. The number of thiol groups is 1. The molecule has 1 heterocycles. The van der Waals surface area contributed by atoms with E-state index in [1.807, 2.05) is 0 Å². The van der Waals surface area contributed by atoms with Crippen molar-refractivity contribution in [3.63, 3.8) is 0 Å². The van der Waals surface area contributed by atoms with Crippen LogP contribution in [0, 0.1) is 0 Å². The summed E-state index contributed by atoms with van der Waals surface area (Å²) in [5, 5.41) is 28.0. The average molecular weight is 476 g/mol. The molecule has 1 fully saturated rings. The maximum absolute atomic E-state index is 12.6. The summed E-state index contributed by atoms with van der Waals surface area (Å²) >= 11 is 4.06. The maximum atomic E-state index is 12.6. The van der Waals surface area contributed by atoms with Crippen LogP contribution in [0.3, 0.4) is 0 Å². The van der Waals surface area contributed by atoms with Gasteiger partial charge in [0.15, 0.2) is 0 Å². The van der Waals surface area contributed by atoms with E-state index in [0.717, 1.165) is 6.42 Å². The third kappa shape index (κ3) is 9.51. The SMILES string of the molecule is NC(=O)CCC(NC(=O)C(CS)NC(=O)C1CCCN1)C(=O)NC(CCC(=O)O)C(=O)O. The summed E-state index contributed by atoms with van der Waals surface area (Å²) in [6.45, 7) is 0.678. The highest BCUT2D eigenvalue weighted by Crippen LogP contribution is 2.07. The van der Waals surface area contributed by atoms with Gasteiger partial charge in [0.05, 0.1) is 6.04 Å². The molecule has 0 aromatic rings. The van der Waals surface area contributed by atoms with Gasteiger partial charge in [0.25, 0.3) is 0 Å². The number of carboxylic acids is 2. The highest BCUT2D eigenvalue weighted by Gasteiger charge is 2.31. The molecule has 0 radical (unpaired) electrons. The zero-order valence-electron chi connectivity index (χ0n) is 17.3. The van der Waals surface area contributed by atoms with Crippen LogP contribution in [0.2, 0.25) is 0 Å². The van der Waals surface area contributed by atoms with E-state index in [1.165, 1.54) is 0 Å². The van der Waals surface area contributed by atoms with Crippen molar-refractivity contribution in [2.24, 2.45) is 5.73 Å². The summed E-state index contributed by atoms with van der Waals surface area (Å²) in [7, 11) is 0. The smallest absolute Gasteiger partial charge is 0.326 e. The Bertz CT molecular complexity index is 728. The topological polar surface area (TPSA) is 217 Å². The standard InChI is InChI=1S/C18H29N5O8S/c19-13(24)5-3-10(16(28)22-11(18(30)31)4-6-14(25)26)21-17(29)12(8-32)23-15(27)9-2-1-7-20-9/h9-12,20,32H,1-8H2,(H2,19,24)(H,21,29)(H,22,28)(H,23,27)(H,25,26)(H,30,31). The van der Waals surface area contributed by atoms with E-state index in [1.54, 1.807) is 0 Å². The Kier molecular flexibility index (Phi) is 11.5. The minimum absolute atomic E-state index is 0.0786. The fourth-order valence-electron chi connectivity index (χ4n) is 3.00. The summed E-state index contributed by atoms with van der Waals surface area (Å²) in [5.41, 5.74) is 5.10. The molecule has 0 spiro atoms. The molecule has 32 heavy (non-hydrogen) atoms.